The van der Waals surface area contributed by atoms with Crippen molar-refractivity contribution in [2.24, 2.45) is 5.92 Å². The Bertz CT molecular complexity index is 867. The molecule has 0 aromatic carbocycles. The van der Waals surface area contributed by atoms with E-state index in [1.165, 1.54) is 0 Å². The Morgan fingerprint density at radius 3 is 3.00 bits per heavy atom. The lowest BCUT2D eigenvalue weighted by Gasteiger charge is -2.21. The third-order valence-electron chi connectivity index (χ3n) is 4.42. The maximum Gasteiger partial charge on any atom is 0.336 e. The second-order valence-electron chi connectivity index (χ2n) is 6.38. The van der Waals surface area contributed by atoms with Crippen molar-refractivity contribution in [3.8, 4) is 6.01 Å². The maximum absolute atomic E-state index is 6.02. The lowest BCUT2D eigenvalue weighted by Crippen LogP contribution is -2.29. The molecule has 0 bridgehead atoms. The van der Waals surface area contributed by atoms with E-state index in [4.69, 9.17) is 15.0 Å². The van der Waals surface area contributed by atoms with E-state index < -0.39 is 0 Å². The summed E-state index contributed by atoms with van der Waals surface area (Å²) in [5.74, 6) is 1.66. The Labute approximate surface area is 144 Å². The number of nitrogens with one attached hydrogen (secondary N) is 1. The van der Waals surface area contributed by atoms with Crippen LogP contribution in [-0.4, -0.2) is 37.8 Å². The van der Waals surface area contributed by atoms with Gasteiger partial charge in [0.25, 0.3) is 0 Å². The minimum absolute atomic E-state index is 0.204. The maximum atomic E-state index is 6.02. The number of rotatable bonds is 5. The average Bonchev–Trinajstić information content (AvgIpc) is 3.21. The molecule has 0 radical (unpaired) electrons. The van der Waals surface area contributed by atoms with Gasteiger partial charge < -0.3 is 20.3 Å². The number of imidazole rings is 1. The number of nitrogen functional groups attached to an aromatic ring is 1. The summed E-state index contributed by atoms with van der Waals surface area (Å²) >= 11 is 0. The molecule has 0 saturated carbocycles. The highest BCUT2D eigenvalue weighted by molar-refractivity contribution is 5.59. The number of anilines is 1. The first-order valence-corrected chi connectivity index (χ1v) is 8.45. The van der Waals surface area contributed by atoms with Crippen LogP contribution in [0.15, 0.2) is 16.8 Å². The van der Waals surface area contributed by atoms with Gasteiger partial charge in [0, 0.05) is 6.07 Å². The van der Waals surface area contributed by atoms with E-state index in [2.05, 4.69) is 25.5 Å². The summed E-state index contributed by atoms with van der Waals surface area (Å²) in [5.41, 5.74) is 8.29. The van der Waals surface area contributed by atoms with Gasteiger partial charge in [-0.2, -0.15) is 4.98 Å². The Kier molecular flexibility index (Phi) is 4.22. The van der Waals surface area contributed by atoms with Gasteiger partial charge >= 0.3 is 6.01 Å². The summed E-state index contributed by atoms with van der Waals surface area (Å²) in [7, 11) is 0. The van der Waals surface area contributed by atoms with Gasteiger partial charge in [-0.15, -0.1) is 5.10 Å². The molecule has 0 spiro atoms. The molecule has 3 aromatic rings. The van der Waals surface area contributed by atoms with Gasteiger partial charge in [0.15, 0.2) is 11.5 Å². The van der Waals surface area contributed by atoms with Crippen molar-refractivity contribution >= 4 is 11.5 Å². The van der Waals surface area contributed by atoms with Crippen LogP contribution in [0.25, 0.3) is 5.65 Å². The van der Waals surface area contributed by atoms with Crippen LogP contribution in [-0.2, 0) is 13.0 Å². The van der Waals surface area contributed by atoms with E-state index in [0.29, 0.717) is 23.1 Å². The van der Waals surface area contributed by atoms with Gasteiger partial charge in [-0.3, -0.25) is 0 Å². The molecule has 3 N–H and O–H groups in total. The predicted molar refractivity (Wildman–Crippen MR) is 90.1 cm³/mol. The number of hydrogen-bond donors (Lipinski definition) is 2. The zero-order valence-corrected chi connectivity index (χ0v) is 14.1. The molecule has 132 valence electrons. The summed E-state index contributed by atoms with van der Waals surface area (Å²) in [4.78, 5) is 8.54. The fourth-order valence-corrected chi connectivity index (χ4v) is 3.13. The third kappa shape index (κ3) is 3.41. The molecule has 1 aliphatic rings. The molecule has 1 aliphatic heterocycles. The molecule has 0 amide bonds. The molecule has 0 atom stereocenters. The third-order valence-corrected chi connectivity index (χ3v) is 4.42. The quantitative estimate of drug-likeness (QED) is 0.708. The fourth-order valence-electron chi connectivity index (χ4n) is 3.13. The topological polar surface area (TPSA) is 116 Å². The molecule has 1 saturated heterocycles. The van der Waals surface area contributed by atoms with Crippen LogP contribution < -0.4 is 15.8 Å². The number of fused-ring (bicyclic) bond motifs is 1. The Balaban J connectivity index is 1.55. The van der Waals surface area contributed by atoms with Crippen molar-refractivity contribution in [3.63, 3.8) is 0 Å². The highest BCUT2D eigenvalue weighted by atomic mass is 16.5. The molecule has 0 aliphatic carbocycles. The predicted octanol–water partition coefficient (Wildman–Crippen LogP) is 1.12. The largest absolute Gasteiger partial charge is 0.456 e. The van der Waals surface area contributed by atoms with E-state index in [1.807, 2.05) is 19.2 Å². The van der Waals surface area contributed by atoms with Crippen molar-refractivity contribution < 1.29 is 9.26 Å². The van der Waals surface area contributed by atoms with Crippen LogP contribution in [0.2, 0.25) is 0 Å². The van der Waals surface area contributed by atoms with E-state index in [-0.39, 0.29) is 12.6 Å². The minimum Gasteiger partial charge on any atom is -0.456 e. The molecule has 1 fully saturated rings. The van der Waals surface area contributed by atoms with Crippen molar-refractivity contribution in [3.05, 3.63) is 29.4 Å². The van der Waals surface area contributed by atoms with Crippen molar-refractivity contribution in [2.45, 2.75) is 32.8 Å². The van der Waals surface area contributed by atoms with Gasteiger partial charge in [0.05, 0.1) is 11.9 Å². The first kappa shape index (κ1) is 15.8. The van der Waals surface area contributed by atoms with Crippen LogP contribution in [0.5, 0.6) is 6.01 Å². The number of hydrogen-bond acceptors (Lipinski definition) is 8. The van der Waals surface area contributed by atoms with Crippen LogP contribution in [0.1, 0.15) is 30.0 Å². The first-order valence-electron chi connectivity index (χ1n) is 8.45. The van der Waals surface area contributed by atoms with Crippen LogP contribution in [0.3, 0.4) is 0 Å². The Hall–Kier alpha value is -2.68. The van der Waals surface area contributed by atoms with Gasteiger partial charge in [-0.05, 0) is 45.2 Å². The van der Waals surface area contributed by atoms with Crippen LogP contribution >= 0.6 is 0 Å². The Morgan fingerprint density at radius 2 is 2.24 bits per heavy atom. The van der Waals surface area contributed by atoms with Gasteiger partial charge in [-0.25, -0.2) is 9.50 Å². The number of nitrogens with zero attached hydrogens (tertiary/aromatic N) is 5. The van der Waals surface area contributed by atoms with E-state index in [9.17, 15) is 0 Å². The average molecular weight is 343 g/mol. The molecular weight excluding hydrogens is 322 g/mol. The summed E-state index contributed by atoms with van der Waals surface area (Å²) in [6.45, 7) is 4.17. The van der Waals surface area contributed by atoms with E-state index in [0.717, 1.165) is 43.8 Å². The van der Waals surface area contributed by atoms with Gasteiger partial charge in [0.1, 0.15) is 18.1 Å². The number of aromatic nitrogens is 5. The monoisotopic (exact) mass is 343 g/mol. The molecular formula is C16H21N7O2. The van der Waals surface area contributed by atoms with Gasteiger partial charge in [-0.1, -0.05) is 5.16 Å². The SMILES string of the molecule is Cc1cc(COc2nc(N)c3ncc(CC4CCNCC4)n3n2)no1. The second-order valence-corrected chi connectivity index (χ2v) is 6.38. The molecule has 4 rings (SSSR count). The molecule has 3 aromatic heterocycles. The lowest BCUT2D eigenvalue weighted by atomic mass is 9.93. The number of piperidine rings is 1. The van der Waals surface area contributed by atoms with Crippen molar-refractivity contribution in [1.82, 2.24) is 30.1 Å². The lowest BCUT2D eigenvalue weighted by molar-refractivity contribution is 0.262. The normalized spacial score (nSPS) is 15.7. The molecule has 25 heavy (non-hydrogen) atoms. The summed E-state index contributed by atoms with van der Waals surface area (Å²) in [6.07, 6.45) is 5.06. The highest BCUT2D eigenvalue weighted by Gasteiger charge is 2.18. The number of nitrogens with two attached hydrogens (primary N) is 1. The molecule has 9 nitrogen and oxygen atoms in total. The zero-order chi connectivity index (χ0) is 17.2. The minimum atomic E-state index is 0.204. The van der Waals surface area contributed by atoms with Crippen LogP contribution in [0.4, 0.5) is 5.82 Å². The van der Waals surface area contributed by atoms with Crippen molar-refractivity contribution in [1.29, 1.82) is 0 Å². The number of aryl methyl sites for hydroxylation is 1. The van der Waals surface area contributed by atoms with Crippen LogP contribution in [0, 0.1) is 12.8 Å². The summed E-state index contributed by atoms with van der Waals surface area (Å²) in [5, 5.41) is 11.7. The molecule has 4 heterocycles. The first-order chi connectivity index (χ1) is 12.2. The highest BCUT2D eigenvalue weighted by Crippen LogP contribution is 2.21. The Morgan fingerprint density at radius 1 is 1.40 bits per heavy atom. The standard InChI is InChI=1S/C16H21N7O2/c1-10-6-12(22-25-10)9-24-16-20-14(17)15-19-8-13(23(15)21-16)7-11-2-4-18-5-3-11/h6,8,11,18H,2-5,7,9H2,1H3,(H2,17,20,21). The molecule has 9 heteroatoms. The second kappa shape index (κ2) is 6.67. The molecule has 0 unspecified atom stereocenters. The summed E-state index contributed by atoms with van der Waals surface area (Å²) < 4.78 is 12.4. The smallest absolute Gasteiger partial charge is 0.336 e. The van der Waals surface area contributed by atoms with E-state index >= 15 is 0 Å². The number of ether oxygens (including phenoxy) is 1. The van der Waals surface area contributed by atoms with Gasteiger partial charge in [0.2, 0.25) is 0 Å². The summed E-state index contributed by atoms with van der Waals surface area (Å²) in [6, 6.07) is 2.01. The fraction of sp³-hybridized carbons (Fsp3) is 0.500. The van der Waals surface area contributed by atoms with Crippen molar-refractivity contribution in [2.75, 3.05) is 18.8 Å². The zero-order valence-electron chi connectivity index (χ0n) is 14.1. The van der Waals surface area contributed by atoms with E-state index in [1.54, 1.807) is 4.52 Å².